The summed E-state index contributed by atoms with van der Waals surface area (Å²) in [6, 6.07) is 7.37. The number of rotatable bonds is 1. The van der Waals surface area contributed by atoms with E-state index < -0.39 is 0 Å². The highest BCUT2D eigenvalue weighted by molar-refractivity contribution is 9.10. The number of nitrogens with zero attached hydrogens (tertiary/aromatic N) is 4. The molecule has 0 saturated carbocycles. The van der Waals surface area contributed by atoms with Gasteiger partial charge >= 0.3 is 0 Å². The lowest BCUT2D eigenvalue weighted by Gasteiger charge is -1.88. The van der Waals surface area contributed by atoms with E-state index in [4.69, 9.17) is 4.42 Å². The van der Waals surface area contributed by atoms with Crippen LogP contribution >= 0.6 is 15.9 Å². The van der Waals surface area contributed by atoms with Gasteiger partial charge < -0.3 is 4.42 Å². The largest absolute Gasteiger partial charge is 0.448 e. The highest BCUT2D eigenvalue weighted by Crippen LogP contribution is 2.28. The first-order valence-corrected chi connectivity index (χ1v) is 5.58. The molecule has 6 heteroatoms. The second-order valence-corrected chi connectivity index (χ2v) is 4.11. The number of fused-ring (bicyclic) bond motifs is 1. The fraction of sp³-hybridized carbons (Fsp3) is 0. The summed E-state index contributed by atoms with van der Waals surface area (Å²) in [5, 5.41) is 13.5. The van der Waals surface area contributed by atoms with Crippen molar-refractivity contribution in [3.05, 3.63) is 40.8 Å². The van der Waals surface area contributed by atoms with Gasteiger partial charge in [0.2, 0.25) is 0 Å². The quantitative estimate of drug-likeness (QED) is 0.690. The summed E-state index contributed by atoms with van der Waals surface area (Å²) in [6.07, 6.45) is 3.37. The first-order chi connectivity index (χ1) is 8.29. The lowest BCUT2D eigenvalue weighted by atomic mass is 10.2. The molecule has 5 nitrogen and oxygen atoms in total. The van der Waals surface area contributed by atoms with Crippen LogP contribution in [0.1, 0.15) is 5.56 Å². The van der Waals surface area contributed by atoms with E-state index in [1.54, 1.807) is 35.1 Å². The zero-order valence-corrected chi connectivity index (χ0v) is 10.0. The summed E-state index contributed by atoms with van der Waals surface area (Å²) >= 11 is 3.22. The van der Waals surface area contributed by atoms with Gasteiger partial charge in [0.05, 0.1) is 0 Å². The monoisotopic (exact) mass is 288 g/mol. The fourth-order valence-electron chi connectivity index (χ4n) is 1.60. The minimum Gasteiger partial charge on any atom is -0.448 e. The Morgan fingerprint density at radius 2 is 2.29 bits per heavy atom. The molecule has 0 fully saturated rings. The maximum Gasteiger partial charge on any atom is 0.173 e. The third kappa shape index (κ3) is 1.52. The third-order valence-electron chi connectivity index (χ3n) is 2.31. The summed E-state index contributed by atoms with van der Waals surface area (Å²) in [7, 11) is 0. The zero-order chi connectivity index (χ0) is 11.8. The summed E-state index contributed by atoms with van der Waals surface area (Å²) in [5.74, 6) is 0.541. The first-order valence-electron chi connectivity index (χ1n) is 4.79. The molecule has 3 aromatic heterocycles. The Labute approximate surface area is 104 Å². The Hall–Kier alpha value is -2.13. The summed E-state index contributed by atoms with van der Waals surface area (Å²) in [5.41, 5.74) is 1.43. The van der Waals surface area contributed by atoms with E-state index in [-0.39, 0.29) is 0 Å². The number of hydrogen-bond acceptors (Lipinski definition) is 4. The molecule has 0 spiro atoms. The molecule has 3 rings (SSSR count). The maximum absolute atomic E-state index is 9.18. The highest BCUT2D eigenvalue weighted by Gasteiger charge is 2.17. The molecule has 0 aliphatic carbocycles. The second kappa shape index (κ2) is 3.71. The van der Waals surface area contributed by atoms with Crippen molar-refractivity contribution >= 4 is 21.6 Å². The standard InChI is InChI=1S/C11H5BrN4O/c12-9-3-2-8(17-9)10-7(6-13)11-14-4-1-5-16(11)15-10/h1-5H. The van der Waals surface area contributed by atoms with Gasteiger partial charge in [-0.3, -0.25) is 0 Å². The molecule has 17 heavy (non-hydrogen) atoms. The highest BCUT2D eigenvalue weighted by atomic mass is 79.9. The zero-order valence-electron chi connectivity index (χ0n) is 8.46. The number of aromatic nitrogens is 3. The van der Waals surface area contributed by atoms with Crippen molar-refractivity contribution in [3.63, 3.8) is 0 Å². The van der Waals surface area contributed by atoms with Crippen LogP contribution in [0.15, 0.2) is 39.7 Å². The Kier molecular flexibility index (Phi) is 2.20. The third-order valence-corrected chi connectivity index (χ3v) is 2.74. The van der Waals surface area contributed by atoms with Gasteiger partial charge in [-0.05, 0) is 34.1 Å². The number of nitriles is 1. The van der Waals surface area contributed by atoms with Gasteiger partial charge in [0.1, 0.15) is 17.3 Å². The van der Waals surface area contributed by atoms with Gasteiger partial charge in [0.25, 0.3) is 0 Å². The molecule has 0 aliphatic heterocycles. The van der Waals surface area contributed by atoms with Crippen LogP contribution in [0.3, 0.4) is 0 Å². The lowest BCUT2D eigenvalue weighted by molar-refractivity contribution is 0.553. The van der Waals surface area contributed by atoms with Gasteiger partial charge in [0.15, 0.2) is 16.1 Å². The predicted octanol–water partition coefficient (Wildman–Crippen LogP) is 2.62. The van der Waals surface area contributed by atoms with E-state index in [0.29, 0.717) is 27.3 Å². The molecule has 0 saturated heterocycles. The number of hydrogen-bond donors (Lipinski definition) is 0. The lowest BCUT2D eigenvalue weighted by Crippen LogP contribution is -1.87. The van der Waals surface area contributed by atoms with Gasteiger partial charge in [-0.1, -0.05) is 0 Å². The molecule has 0 N–H and O–H groups in total. The van der Waals surface area contributed by atoms with Crippen LogP contribution in [-0.4, -0.2) is 14.6 Å². The molecule has 82 valence electrons. The van der Waals surface area contributed by atoms with Crippen LogP contribution in [0.4, 0.5) is 0 Å². The van der Waals surface area contributed by atoms with Crippen LogP contribution in [0, 0.1) is 11.3 Å². The molecular formula is C11H5BrN4O. The van der Waals surface area contributed by atoms with E-state index in [1.807, 2.05) is 0 Å². The van der Waals surface area contributed by atoms with Gasteiger partial charge in [-0.25, -0.2) is 9.50 Å². The maximum atomic E-state index is 9.18. The molecule has 3 aromatic rings. The van der Waals surface area contributed by atoms with Crippen molar-refractivity contribution in [1.29, 1.82) is 5.26 Å². The van der Waals surface area contributed by atoms with Crippen molar-refractivity contribution < 1.29 is 4.42 Å². The van der Waals surface area contributed by atoms with Crippen LogP contribution in [0.2, 0.25) is 0 Å². The fourth-order valence-corrected chi connectivity index (χ4v) is 1.91. The van der Waals surface area contributed by atoms with E-state index >= 15 is 0 Å². The van der Waals surface area contributed by atoms with Crippen molar-refractivity contribution in [2.24, 2.45) is 0 Å². The van der Waals surface area contributed by atoms with Crippen LogP contribution in [-0.2, 0) is 0 Å². The second-order valence-electron chi connectivity index (χ2n) is 3.33. The molecule has 0 amide bonds. The van der Waals surface area contributed by atoms with Crippen LogP contribution in [0.5, 0.6) is 0 Å². The van der Waals surface area contributed by atoms with E-state index in [2.05, 4.69) is 32.1 Å². The summed E-state index contributed by atoms with van der Waals surface area (Å²) in [4.78, 5) is 4.13. The van der Waals surface area contributed by atoms with E-state index in [1.165, 1.54) is 0 Å². The Bertz CT molecular complexity index is 737. The molecule has 0 aliphatic rings. The van der Waals surface area contributed by atoms with Crippen molar-refractivity contribution in [2.75, 3.05) is 0 Å². The first kappa shape index (κ1) is 10.1. The van der Waals surface area contributed by atoms with Crippen molar-refractivity contribution in [2.45, 2.75) is 0 Å². The van der Waals surface area contributed by atoms with Gasteiger partial charge in [0, 0.05) is 12.4 Å². The molecular weight excluding hydrogens is 284 g/mol. The number of halogens is 1. The minimum absolute atomic E-state index is 0.410. The molecule has 0 bridgehead atoms. The molecule has 0 atom stereocenters. The Morgan fingerprint density at radius 3 is 3.00 bits per heavy atom. The summed E-state index contributed by atoms with van der Waals surface area (Å²) < 4.78 is 7.56. The molecule has 0 unspecified atom stereocenters. The molecule has 0 aromatic carbocycles. The molecule has 0 radical (unpaired) electrons. The molecule has 3 heterocycles. The summed E-state index contributed by atoms with van der Waals surface area (Å²) in [6.45, 7) is 0. The minimum atomic E-state index is 0.410. The van der Waals surface area contributed by atoms with E-state index in [0.717, 1.165) is 0 Å². The van der Waals surface area contributed by atoms with Crippen molar-refractivity contribution in [3.8, 4) is 17.5 Å². The number of furan rings is 1. The van der Waals surface area contributed by atoms with Gasteiger partial charge in [-0.2, -0.15) is 10.4 Å². The van der Waals surface area contributed by atoms with Gasteiger partial charge in [-0.15, -0.1) is 0 Å². The predicted molar refractivity (Wildman–Crippen MR) is 63.1 cm³/mol. The van der Waals surface area contributed by atoms with Crippen LogP contribution < -0.4 is 0 Å². The SMILES string of the molecule is N#Cc1c(-c2ccc(Br)o2)nn2cccnc12. The average molecular weight is 289 g/mol. The Balaban J connectivity index is 2.34. The van der Waals surface area contributed by atoms with Crippen molar-refractivity contribution in [1.82, 2.24) is 14.6 Å². The van der Waals surface area contributed by atoms with E-state index in [9.17, 15) is 5.26 Å². The average Bonchev–Trinajstić information content (AvgIpc) is 2.91. The van der Waals surface area contributed by atoms with Crippen LogP contribution in [0.25, 0.3) is 17.1 Å². The topological polar surface area (TPSA) is 67.1 Å². The smallest absolute Gasteiger partial charge is 0.173 e. The normalized spacial score (nSPS) is 10.6. The Morgan fingerprint density at radius 1 is 1.41 bits per heavy atom.